The van der Waals surface area contributed by atoms with Gasteiger partial charge in [-0.1, -0.05) is 24.3 Å². The van der Waals surface area contributed by atoms with Crippen molar-refractivity contribution >= 4 is 52.2 Å². The number of alkyl carbamates (subject to hydrolysis) is 1. The van der Waals surface area contributed by atoms with Gasteiger partial charge < -0.3 is 68.5 Å². The summed E-state index contributed by atoms with van der Waals surface area (Å²) in [6.07, 6.45) is 2.69. The van der Waals surface area contributed by atoms with Crippen LogP contribution in [0.1, 0.15) is 83.1 Å². The third-order valence-electron chi connectivity index (χ3n) is 11.2. The zero-order valence-electron chi connectivity index (χ0n) is 45.1. The molecule has 22 heteroatoms. The fourth-order valence-corrected chi connectivity index (χ4v) is 7.30. The van der Waals surface area contributed by atoms with Crippen LogP contribution in [0.5, 0.6) is 5.75 Å². The summed E-state index contributed by atoms with van der Waals surface area (Å²) in [5, 5.41) is 27.1. The van der Waals surface area contributed by atoms with Crippen molar-refractivity contribution in [3.05, 3.63) is 119 Å². The Morgan fingerprint density at radius 3 is 1.92 bits per heavy atom. The van der Waals surface area contributed by atoms with Gasteiger partial charge in [0, 0.05) is 43.7 Å². The first-order valence-electron chi connectivity index (χ1n) is 26.1. The predicted molar refractivity (Wildman–Crippen MR) is 289 cm³/mol. The molecular weight excluding hydrogens is 1010 g/mol. The normalized spacial score (nSPS) is 11.8. The molecule has 1 heterocycles. The number of hydrogen-bond donors (Lipinski definition) is 5. The molecule has 4 amide bonds. The number of phenolic OH excluding ortho intramolecular Hbond substituents is 1. The number of phenols is 1. The molecule has 422 valence electrons. The highest BCUT2D eigenvalue weighted by Gasteiger charge is 2.16. The van der Waals surface area contributed by atoms with Gasteiger partial charge >= 0.3 is 12.1 Å². The van der Waals surface area contributed by atoms with Crippen LogP contribution in [0.2, 0.25) is 0 Å². The first-order valence-corrected chi connectivity index (χ1v) is 26.1. The number of carbonyl (C=O) groups is 5. The zero-order chi connectivity index (χ0) is 55.8. The number of carbonyl (C=O) groups excluding carboxylic acids is 5. The van der Waals surface area contributed by atoms with E-state index in [2.05, 4.69) is 36.2 Å². The number of aryl methyl sites for hydroxylation is 1. The van der Waals surface area contributed by atoms with Crippen molar-refractivity contribution in [3.63, 3.8) is 0 Å². The molecule has 0 bridgehead atoms. The van der Waals surface area contributed by atoms with Crippen molar-refractivity contribution in [1.82, 2.24) is 25.5 Å². The highest BCUT2D eigenvalue weighted by Crippen LogP contribution is 2.29. The second kappa shape index (κ2) is 34.4. The molecule has 0 aliphatic carbocycles. The molecule has 0 saturated carbocycles. The Balaban J connectivity index is 0.779. The molecule has 0 spiro atoms. The summed E-state index contributed by atoms with van der Waals surface area (Å²) in [5.74, 6) is -1.39. The number of aromatic amines is 1. The third-order valence-corrected chi connectivity index (χ3v) is 11.2. The summed E-state index contributed by atoms with van der Waals surface area (Å²) in [6, 6.07) is 25.5. The van der Waals surface area contributed by atoms with E-state index in [1.807, 2.05) is 28.8 Å². The van der Waals surface area contributed by atoms with E-state index in [-0.39, 0.29) is 40.8 Å². The quantitative estimate of drug-likeness (QED) is 0.0157. The van der Waals surface area contributed by atoms with E-state index in [0.717, 1.165) is 35.9 Å². The Morgan fingerprint density at radius 2 is 1.26 bits per heavy atom. The Hall–Kier alpha value is -7.34. The van der Waals surface area contributed by atoms with E-state index in [1.165, 1.54) is 19.2 Å². The van der Waals surface area contributed by atoms with Crippen molar-refractivity contribution in [3.8, 4) is 5.75 Å². The number of azo groups is 1. The number of methoxy groups -OCH3 is 1. The average Bonchev–Trinajstić information content (AvgIpc) is 3.77. The molecule has 5 rings (SSSR count). The van der Waals surface area contributed by atoms with Crippen LogP contribution in [0.4, 0.5) is 16.2 Å². The van der Waals surface area contributed by atoms with E-state index in [4.69, 9.17) is 37.9 Å². The molecule has 1 aromatic heterocycles. The molecule has 0 aliphatic heterocycles. The van der Waals surface area contributed by atoms with Crippen LogP contribution >= 0.6 is 0 Å². The number of para-hydroxylation sites is 2. The van der Waals surface area contributed by atoms with Gasteiger partial charge in [0.05, 0.1) is 109 Å². The highest BCUT2D eigenvalue weighted by molar-refractivity contribution is 5.98. The molecule has 5 N–H and O–H groups in total. The second-order valence-electron chi connectivity index (χ2n) is 18.4. The van der Waals surface area contributed by atoms with Crippen LogP contribution in [-0.4, -0.2) is 156 Å². The standard InChI is InChI=1S/C56H74N8O14/c1-56(2,3)78-55(70)59-24-21-41-15-20-49(65)47(39-41)63-62-45-18-16-42(17-19-45)51(67)58-25-28-73-30-32-75-34-36-77-38-37-76-35-33-74-31-29-72-27-22-50(66)57-23-8-5-9-26-64-48-14-7-6-13-46(48)60-54(64)61-52(68)43-11-10-12-44(40-43)53(69)71-4/h6-7,10-20,39-40,65H,5,8-9,21-38H2,1-4H3,(H,57,66)(H,58,67)(H,59,70)(H,60,61,68)/b63-62+. The fourth-order valence-electron chi connectivity index (χ4n) is 7.30. The molecule has 0 atom stereocenters. The van der Waals surface area contributed by atoms with E-state index in [9.17, 15) is 29.1 Å². The number of aromatic hydroxyl groups is 1. The molecule has 0 unspecified atom stereocenters. The minimum absolute atomic E-state index is 0.0373. The lowest BCUT2D eigenvalue weighted by Gasteiger charge is -2.19. The minimum atomic E-state index is -0.586. The second-order valence-corrected chi connectivity index (χ2v) is 18.4. The molecular formula is C56H74N8O14. The van der Waals surface area contributed by atoms with Crippen molar-refractivity contribution in [2.45, 2.75) is 65.0 Å². The number of rotatable bonds is 35. The Labute approximate surface area is 454 Å². The number of aromatic nitrogens is 2. The smallest absolute Gasteiger partial charge is 0.407 e. The largest absolute Gasteiger partial charge is 0.506 e. The maximum atomic E-state index is 13.1. The van der Waals surface area contributed by atoms with Gasteiger partial charge in [-0.15, -0.1) is 5.11 Å². The van der Waals surface area contributed by atoms with Crippen molar-refractivity contribution in [2.24, 2.45) is 15.2 Å². The van der Waals surface area contributed by atoms with Gasteiger partial charge in [-0.2, -0.15) is 10.1 Å². The number of unbranched alkanes of at least 4 members (excludes halogenated alkanes) is 2. The number of ether oxygens (including phenoxy) is 8. The number of imidazole rings is 1. The van der Waals surface area contributed by atoms with E-state index in [0.29, 0.717) is 129 Å². The fraction of sp³-hybridized carbons (Fsp3) is 0.464. The summed E-state index contributed by atoms with van der Waals surface area (Å²) in [4.78, 5) is 69.4. The number of esters is 1. The molecule has 5 aromatic rings. The van der Waals surface area contributed by atoms with Crippen molar-refractivity contribution in [2.75, 3.05) is 106 Å². The SMILES string of the molecule is COC(=O)c1cccc(C(=O)/N=c2\[nH]c3ccccc3n2CCCCCNC(=O)CCOCCOCCOCCOCCOCCOCCNC(=O)c2ccc(/N=N/c3cc(CCNC(=O)OC(C)(C)C)ccc3O)cc2)c1. The monoisotopic (exact) mass is 1080 g/mol. The number of nitrogens with zero attached hydrogens (tertiary/aromatic N) is 4. The van der Waals surface area contributed by atoms with Gasteiger partial charge in [0.25, 0.3) is 11.8 Å². The lowest BCUT2D eigenvalue weighted by molar-refractivity contribution is -0.122. The molecule has 0 radical (unpaired) electrons. The Morgan fingerprint density at radius 1 is 0.615 bits per heavy atom. The van der Waals surface area contributed by atoms with Gasteiger partial charge in [0.1, 0.15) is 17.0 Å². The van der Waals surface area contributed by atoms with Crippen LogP contribution in [-0.2, 0) is 55.7 Å². The highest BCUT2D eigenvalue weighted by atomic mass is 16.6. The Bertz CT molecular complexity index is 2750. The van der Waals surface area contributed by atoms with Gasteiger partial charge in [-0.25, -0.2) is 9.59 Å². The molecule has 0 fully saturated rings. The molecule has 22 nitrogen and oxygen atoms in total. The van der Waals surface area contributed by atoms with E-state index < -0.39 is 23.6 Å². The first-order chi connectivity index (χ1) is 37.8. The summed E-state index contributed by atoms with van der Waals surface area (Å²) in [5.41, 5.74) is 4.20. The van der Waals surface area contributed by atoms with Gasteiger partial charge in [0.15, 0.2) is 0 Å². The summed E-state index contributed by atoms with van der Waals surface area (Å²) >= 11 is 0. The van der Waals surface area contributed by atoms with Crippen LogP contribution < -0.4 is 21.6 Å². The third kappa shape index (κ3) is 23.5. The van der Waals surface area contributed by atoms with Crippen LogP contribution in [0.15, 0.2) is 106 Å². The van der Waals surface area contributed by atoms with Crippen LogP contribution in [0, 0.1) is 0 Å². The van der Waals surface area contributed by atoms with E-state index >= 15 is 0 Å². The number of hydrogen-bond acceptors (Lipinski definition) is 16. The molecule has 78 heavy (non-hydrogen) atoms. The first kappa shape index (κ1) is 61.5. The van der Waals surface area contributed by atoms with Crippen LogP contribution in [0.3, 0.4) is 0 Å². The lowest BCUT2D eigenvalue weighted by Crippen LogP contribution is -2.33. The number of nitrogens with one attached hydrogen (secondary N) is 4. The molecule has 0 aliphatic rings. The summed E-state index contributed by atoms with van der Waals surface area (Å²) in [7, 11) is 1.29. The van der Waals surface area contributed by atoms with Crippen molar-refractivity contribution < 1.29 is 67.0 Å². The number of fused-ring (bicyclic) bond motifs is 1. The maximum Gasteiger partial charge on any atom is 0.407 e. The topological polar surface area (TPSA) is 273 Å². The number of benzene rings is 4. The number of H-pyrrole nitrogens is 1. The average molecular weight is 1080 g/mol. The number of amides is 4. The maximum absolute atomic E-state index is 13.1. The predicted octanol–water partition coefficient (Wildman–Crippen LogP) is 6.89. The van der Waals surface area contributed by atoms with Crippen molar-refractivity contribution in [1.29, 1.82) is 0 Å². The lowest BCUT2D eigenvalue weighted by atomic mass is 10.1. The van der Waals surface area contributed by atoms with Gasteiger partial charge in [-0.3, -0.25) is 14.4 Å². The van der Waals surface area contributed by atoms with Gasteiger partial charge in [0.2, 0.25) is 11.5 Å². The van der Waals surface area contributed by atoms with Gasteiger partial charge in [-0.05, 0) is 119 Å². The zero-order valence-corrected chi connectivity index (χ0v) is 45.1. The summed E-state index contributed by atoms with van der Waals surface area (Å²) in [6.45, 7) is 11.8. The molecule has 0 saturated heterocycles. The summed E-state index contributed by atoms with van der Waals surface area (Å²) < 4.78 is 45.2. The molecule has 4 aromatic carbocycles. The van der Waals surface area contributed by atoms with Crippen LogP contribution in [0.25, 0.3) is 11.0 Å². The minimum Gasteiger partial charge on any atom is -0.506 e. The van der Waals surface area contributed by atoms with E-state index in [1.54, 1.807) is 75.4 Å². The Kier molecular flexibility index (Phi) is 27.2.